The van der Waals surface area contributed by atoms with Gasteiger partial charge in [0.25, 0.3) is 0 Å². The first-order chi connectivity index (χ1) is 13.0. The van der Waals surface area contributed by atoms with Crippen LogP contribution in [0.1, 0.15) is 6.42 Å². The van der Waals surface area contributed by atoms with Crippen molar-refractivity contribution in [3.63, 3.8) is 0 Å². The molecule has 0 unspecified atom stereocenters. The van der Waals surface area contributed by atoms with Gasteiger partial charge in [-0.15, -0.1) is 0 Å². The quantitative estimate of drug-likeness (QED) is 0.168. The Morgan fingerprint density at radius 2 is 1.00 bits per heavy atom. The van der Waals surface area contributed by atoms with Crippen molar-refractivity contribution in [1.29, 1.82) is 0 Å². The van der Waals surface area contributed by atoms with Crippen molar-refractivity contribution in [2.75, 3.05) is 18.5 Å². The molecule has 0 radical (unpaired) electrons. The van der Waals surface area contributed by atoms with Crippen LogP contribution in [0.25, 0.3) is 0 Å². The van der Waals surface area contributed by atoms with Gasteiger partial charge in [-0.2, -0.15) is 65.9 Å². The van der Waals surface area contributed by atoms with Crippen LogP contribution >= 0.6 is 15.9 Å². The maximum atomic E-state index is 13.1. The zero-order chi connectivity index (χ0) is 24.4. The third-order valence-electron chi connectivity index (χ3n) is 2.68. The van der Waals surface area contributed by atoms with E-state index in [0.717, 1.165) is 0 Å². The summed E-state index contributed by atoms with van der Waals surface area (Å²) in [5, 5.41) is 0.146. The Morgan fingerprint density at radius 3 is 1.40 bits per heavy atom. The first kappa shape index (κ1) is 29.3. The summed E-state index contributed by atoms with van der Waals surface area (Å²) in [6.45, 7) is -2.77. The highest BCUT2D eigenvalue weighted by molar-refractivity contribution is 9.09. The summed E-state index contributed by atoms with van der Waals surface area (Å²) in [6, 6.07) is 0. The van der Waals surface area contributed by atoms with Crippen LogP contribution in [-0.2, 0) is 14.2 Å². The number of hydrogen-bond acceptors (Lipinski definition) is 3. The molecule has 0 bridgehead atoms. The van der Waals surface area contributed by atoms with Crippen molar-refractivity contribution in [1.82, 2.24) is 0 Å². The smallest absolute Gasteiger partial charge is 0.372 e. The fraction of sp³-hybridized carbons (Fsp3) is 1.00. The van der Waals surface area contributed by atoms with E-state index in [-0.39, 0.29) is 11.8 Å². The van der Waals surface area contributed by atoms with Crippen molar-refractivity contribution in [2.24, 2.45) is 0 Å². The summed E-state index contributed by atoms with van der Waals surface area (Å²) in [5.41, 5.74) is 0. The topological polar surface area (TPSA) is 27.7 Å². The molecule has 19 heteroatoms. The Kier molecular flexibility index (Phi) is 8.84. The highest BCUT2D eigenvalue weighted by atomic mass is 79.9. The maximum Gasteiger partial charge on any atom is 0.460 e. The molecule has 0 spiro atoms. The van der Waals surface area contributed by atoms with Crippen LogP contribution in [0.4, 0.5) is 65.9 Å². The van der Waals surface area contributed by atoms with Crippen LogP contribution in [0.15, 0.2) is 0 Å². The van der Waals surface area contributed by atoms with Gasteiger partial charge in [0.15, 0.2) is 0 Å². The van der Waals surface area contributed by atoms with Crippen LogP contribution in [0.2, 0.25) is 0 Å². The third-order valence-corrected chi connectivity index (χ3v) is 3.24. The minimum absolute atomic E-state index is 0.0134. The normalized spacial score (nSPS) is 15.6. The fourth-order valence-corrected chi connectivity index (χ4v) is 1.50. The Morgan fingerprint density at radius 1 is 0.567 bits per heavy atom. The third kappa shape index (κ3) is 6.41. The van der Waals surface area contributed by atoms with Crippen LogP contribution in [0.3, 0.4) is 0 Å². The lowest BCUT2D eigenvalue weighted by Crippen LogP contribution is -2.64. The van der Waals surface area contributed by atoms with E-state index in [1.807, 2.05) is 0 Å². The summed E-state index contributed by atoms with van der Waals surface area (Å²) in [6.07, 6.45) is -34.7. The highest BCUT2D eigenvalue weighted by Gasteiger charge is 2.85. The van der Waals surface area contributed by atoms with E-state index < -0.39 is 55.7 Å². The Labute approximate surface area is 164 Å². The molecule has 3 nitrogen and oxygen atoms in total. The van der Waals surface area contributed by atoms with Gasteiger partial charge in [0.05, 0.1) is 0 Å². The second kappa shape index (κ2) is 9.05. The number of hydrogen-bond donors (Lipinski definition) is 0. The lowest BCUT2D eigenvalue weighted by molar-refractivity contribution is -0.543. The first-order valence-electron chi connectivity index (χ1n) is 6.85. The number of ether oxygens (including phenoxy) is 3. The average molecular weight is 553 g/mol. The summed E-state index contributed by atoms with van der Waals surface area (Å²) in [7, 11) is 0. The Hall–Kier alpha value is -0.690. The van der Waals surface area contributed by atoms with Crippen LogP contribution in [0, 0.1) is 0 Å². The lowest BCUT2D eigenvalue weighted by atomic mass is 10.1. The summed E-state index contributed by atoms with van der Waals surface area (Å²) in [5.74, 6) is -15.6. The zero-order valence-electron chi connectivity index (χ0n) is 13.6. The minimum atomic E-state index is -7.88. The van der Waals surface area contributed by atoms with Crippen molar-refractivity contribution in [2.45, 2.75) is 48.9 Å². The molecular formula is C11H8BrF15O3. The van der Waals surface area contributed by atoms with Crippen molar-refractivity contribution >= 4 is 15.9 Å². The molecule has 0 N–H and O–H groups in total. The van der Waals surface area contributed by atoms with E-state index >= 15 is 0 Å². The van der Waals surface area contributed by atoms with Gasteiger partial charge in [-0.3, -0.25) is 0 Å². The van der Waals surface area contributed by atoms with E-state index in [0.29, 0.717) is 0 Å². The first-order valence-corrected chi connectivity index (χ1v) is 7.97. The maximum absolute atomic E-state index is 13.1. The molecule has 0 atom stereocenters. The van der Waals surface area contributed by atoms with Gasteiger partial charge in [-0.05, 0) is 6.42 Å². The molecule has 0 fully saturated rings. The number of halogens is 16. The largest absolute Gasteiger partial charge is 0.460 e. The number of rotatable bonds is 12. The molecule has 0 aromatic heterocycles. The van der Waals surface area contributed by atoms with Crippen LogP contribution in [0.5, 0.6) is 0 Å². The minimum Gasteiger partial charge on any atom is -0.372 e. The van der Waals surface area contributed by atoms with Crippen LogP contribution < -0.4 is 0 Å². The van der Waals surface area contributed by atoms with Gasteiger partial charge in [-0.25, -0.2) is 9.47 Å². The molecule has 30 heavy (non-hydrogen) atoms. The molecule has 0 aromatic carbocycles. The molecule has 0 aliphatic rings. The summed E-state index contributed by atoms with van der Waals surface area (Å²) < 4.78 is 198. The molecule has 0 aliphatic heterocycles. The summed E-state index contributed by atoms with van der Waals surface area (Å²) >= 11 is 2.78. The van der Waals surface area contributed by atoms with Crippen molar-refractivity contribution in [3.05, 3.63) is 0 Å². The van der Waals surface area contributed by atoms with Gasteiger partial charge in [0, 0.05) is 11.9 Å². The predicted molar refractivity (Wildman–Crippen MR) is 67.1 cm³/mol. The number of alkyl halides is 16. The molecule has 0 aliphatic carbocycles. The lowest BCUT2D eigenvalue weighted by Gasteiger charge is -2.36. The monoisotopic (exact) mass is 552 g/mol. The molecule has 0 rings (SSSR count). The van der Waals surface area contributed by atoms with Gasteiger partial charge >= 0.3 is 42.5 Å². The zero-order valence-corrected chi connectivity index (χ0v) is 15.2. The standard InChI is InChI=1S/C11H8BrF15O3/c12-2-1-3-28-4-5(13,14)29-10(24,25)11(26,27)30-9(22,23)7(17,18)6(15,16)8(19,20)21/h1-4H2. The molecule has 0 saturated heterocycles. The van der Waals surface area contributed by atoms with Gasteiger partial charge in [-0.1, -0.05) is 15.9 Å². The van der Waals surface area contributed by atoms with E-state index in [1.54, 1.807) is 0 Å². The second-order valence-corrected chi connectivity index (χ2v) is 5.93. The van der Waals surface area contributed by atoms with E-state index in [9.17, 15) is 65.9 Å². The molecule has 182 valence electrons. The van der Waals surface area contributed by atoms with Crippen molar-refractivity contribution < 1.29 is 80.1 Å². The van der Waals surface area contributed by atoms with E-state index in [2.05, 4.69) is 25.4 Å². The van der Waals surface area contributed by atoms with Gasteiger partial charge in [0.2, 0.25) is 0 Å². The van der Waals surface area contributed by atoms with Gasteiger partial charge < -0.3 is 4.74 Å². The molecular weight excluding hydrogens is 545 g/mol. The van der Waals surface area contributed by atoms with Crippen molar-refractivity contribution in [3.8, 4) is 0 Å². The fourth-order valence-electron chi connectivity index (χ4n) is 1.27. The molecule has 0 heterocycles. The summed E-state index contributed by atoms with van der Waals surface area (Å²) in [4.78, 5) is 0. The van der Waals surface area contributed by atoms with Gasteiger partial charge in [0.1, 0.15) is 6.61 Å². The Balaban J connectivity index is 5.60. The SMILES string of the molecule is FC(F)(COCCCBr)OC(F)(F)C(F)(F)OC(F)(F)C(F)(F)C(F)(F)C(F)(F)F. The highest BCUT2D eigenvalue weighted by Crippen LogP contribution is 2.55. The van der Waals surface area contributed by atoms with E-state index in [1.165, 1.54) is 4.74 Å². The molecule has 0 aromatic rings. The second-order valence-electron chi connectivity index (χ2n) is 5.13. The Bertz CT molecular complexity index is 563. The van der Waals surface area contributed by atoms with E-state index in [4.69, 9.17) is 0 Å². The molecule has 0 amide bonds. The molecule has 0 saturated carbocycles. The van der Waals surface area contributed by atoms with Crippen LogP contribution in [-0.4, -0.2) is 61.0 Å². The predicted octanol–water partition coefficient (Wildman–Crippen LogP) is 6.03. The average Bonchev–Trinajstić information content (AvgIpc) is 2.47.